The number of phosphoric ester groups is 1. The van der Waals surface area contributed by atoms with Gasteiger partial charge in [0, 0.05) is 30.9 Å². The molecule has 274 valence electrons. The number of aromatic nitrogens is 2. The number of hydrogen-bond acceptors (Lipinski definition) is 8. The number of rotatable bonds is 14. The molecule has 2 fully saturated rings. The van der Waals surface area contributed by atoms with Crippen LogP contribution in [-0.2, 0) is 43.1 Å². The topological polar surface area (TPSA) is 206 Å². The normalized spacial score (nSPS) is 20.5. The molecule has 2 aliphatic rings. The quantitative estimate of drug-likeness (QED) is 0.133. The molecule has 16 heteroatoms. The molecule has 1 aromatic heterocycles. The fraction of sp³-hybridized carbons (Fsp3) is 0.457. The standard InChI is InChI=1S/C35H46N7O8P/c1-41(2)31(18-23-12-15-27(16-13-23)50-51(47,48)49)34(45)39-28-11-7-6-10-26-14-17-30(42(26)35(28)46)33(44)40-29(19-25-21-36-22-38-25)32(43)37-20-24-8-4-3-5-9-24/h3-5,8-9,12-13,15-16,21-22,26,28-31H,6-7,10-11,14,17-20H2,1-2H3,(H,36,38)(H,37,43)(H,39,45)(H,40,44)(H2,47,48,49)/t26?,28-,29-,30-,31-/m0/s1. The molecule has 2 saturated heterocycles. The first-order valence-electron chi connectivity index (χ1n) is 17.1. The molecule has 51 heavy (non-hydrogen) atoms. The Morgan fingerprint density at radius 1 is 0.980 bits per heavy atom. The number of amides is 4. The number of aromatic amines is 1. The average Bonchev–Trinajstić information content (AvgIpc) is 3.76. The Labute approximate surface area is 296 Å². The van der Waals surface area contributed by atoms with Crippen molar-refractivity contribution in [2.45, 2.75) is 88.1 Å². The molecule has 0 spiro atoms. The zero-order valence-electron chi connectivity index (χ0n) is 28.7. The van der Waals surface area contributed by atoms with E-state index in [0.717, 1.165) is 30.4 Å². The second-order valence-electron chi connectivity index (χ2n) is 13.3. The summed E-state index contributed by atoms with van der Waals surface area (Å²) in [7, 11) is -1.20. The van der Waals surface area contributed by atoms with Crippen LogP contribution in [0.5, 0.6) is 5.75 Å². The average molecular weight is 724 g/mol. The maximum Gasteiger partial charge on any atom is 0.524 e. The van der Waals surface area contributed by atoms with Gasteiger partial charge in [0.2, 0.25) is 23.6 Å². The van der Waals surface area contributed by atoms with Crippen molar-refractivity contribution in [1.82, 2.24) is 35.7 Å². The van der Waals surface area contributed by atoms with Crippen molar-refractivity contribution in [3.8, 4) is 5.75 Å². The van der Waals surface area contributed by atoms with Crippen LogP contribution in [0.4, 0.5) is 0 Å². The summed E-state index contributed by atoms with van der Waals surface area (Å²) in [6, 6.07) is 12.1. The SMILES string of the molecule is CN(C)[C@@H](Cc1ccc(OP(=O)(O)O)cc1)C(=O)N[C@H]1CCCCC2CC[C@@H](C(=O)N[C@@H](Cc3cnc[nH]3)C(=O)NCc3ccccc3)N2C1=O. The molecule has 3 aromatic rings. The minimum atomic E-state index is -4.71. The van der Waals surface area contributed by atoms with Crippen molar-refractivity contribution in [2.24, 2.45) is 0 Å². The highest BCUT2D eigenvalue weighted by atomic mass is 31.2. The summed E-state index contributed by atoms with van der Waals surface area (Å²) in [5, 5.41) is 8.79. The van der Waals surface area contributed by atoms with Crippen LogP contribution in [0.3, 0.4) is 0 Å². The van der Waals surface area contributed by atoms with Gasteiger partial charge in [-0.25, -0.2) is 9.55 Å². The molecule has 15 nitrogen and oxygen atoms in total. The largest absolute Gasteiger partial charge is 0.524 e. The Kier molecular flexibility index (Phi) is 12.6. The van der Waals surface area contributed by atoms with E-state index in [1.807, 2.05) is 30.3 Å². The number of carbonyl (C=O) groups is 4. The van der Waals surface area contributed by atoms with Gasteiger partial charge in [-0.15, -0.1) is 0 Å². The van der Waals surface area contributed by atoms with Crippen molar-refractivity contribution in [3.05, 3.63) is 83.9 Å². The minimum absolute atomic E-state index is 0.00254. The Hall–Kier alpha value is -4.56. The highest BCUT2D eigenvalue weighted by Crippen LogP contribution is 2.37. The maximum atomic E-state index is 14.2. The first-order valence-corrected chi connectivity index (χ1v) is 18.6. The zero-order valence-corrected chi connectivity index (χ0v) is 29.6. The van der Waals surface area contributed by atoms with E-state index in [9.17, 15) is 23.7 Å². The van der Waals surface area contributed by atoms with Crippen molar-refractivity contribution in [1.29, 1.82) is 0 Å². The van der Waals surface area contributed by atoms with Gasteiger partial charge in [-0.05, 0) is 69.5 Å². The Bertz CT molecular complexity index is 1680. The van der Waals surface area contributed by atoms with E-state index in [1.165, 1.54) is 18.5 Å². The van der Waals surface area contributed by atoms with Gasteiger partial charge in [-0.3, -0.25) is 33.9 Å². The molecular formula is C35H46N7O8P. The van der Waals surface area contributed by atoms with Gasteiger partial charge in [-0.1, -0.05) is 55.3 Å². The van der Waals surface area contributed by atoms with Crippen LogP contribution in [-0.4, -0.2) is 97.5 Å². The third-order valence-corrected chi connectivity index (χ3v) is 9.83. The summed E-state index contributed by atoms with van der Waals surface area (Å²) in [4.78, 5) is 83.8. The van der Waals surface area contributed by atoms with E-state index in [0.29, 0.717) is 25.0 Å². The highest BCUT2D eigenvalue weighted by molar-refractivity contribution is 7.46. The molecule has 0 aliphatic carbocycles. The van der Waals surface area contributed by atoms with Crippen molar-refractivity contribution < 1.29 is 38.1 Å². The highest BCUT2D eigenvalue weighted by Gasteiger charge is 2.45. The van der Waals surface area contributed by atoms with Crippen LogP contribution in [0.25, 0.3) is 0 Å². The second-order valence-corrected chi connectivity index (χ2v) is 14.5. The maximum absolute atomic E-state index is 14.2. The van der Waals surface area contributed by atoms with Crippen LogP contribution in [0.15, 0.2) is 67.1 Å². The third kappa shape index (κ3) is 10.5. The molecule has 5 atom stereocenters. The molecule has 2 aliphatic heterocycles. The molecule has 1 unspecified atom stereocenters. The number of nitrogens with one attached hydrogen (secondary N) is 4. The Morgan fingerprint density at radius 3 is 2.37 bits per heavy atom. The summed E-state index contributed by atoms with van der Waals surface area (Å²) < 4.78 is 15.8. The van der Waals surface area contributed by atoms with Gasteiger partial charge < -0.3 is 30.4 Å². The number of nitrogens with zero attached hydrogens (tertiary/aromatic N) is 3. The van der Waals surface area contributed by atoms with Gasteiger partial charge in [0.25, 0.3) is 0 Å². The van der Waals surface area contributed by atoms with Crippen molar-refractivity contribution in [3.63, 3.8) is 0 Å². The lowest BCUT2D eigenvalue weighted by Crippen LogP contribution is -2.59. The lowest BCUT2D eigenvalue weighted by Gasteiger charge is -2.36. The van der Waals surface area contributed by atoms with Crippen LogP contribution < -0.4 is 20.5 Å². The van der Waals surface area contributed by atoms with Crippen LogP contribution in [0, 0.1) is 0 Å². The molecule has 2 aromatic carbocycles. The fourth-order valence-corrected chi connectivity index (χ4v) is 7.15. The molecule has 6 N–H and O–H groups in total. The first kappa shape index (κ1) is 37.7. The number of hydrogen-bond donors (Lipinski definition) is 6. The molecule has 0 radical (unpaired) electrons. The van der Waals surface area contributed by atoms with E-state index < -0.39 is 37.9 Å². The van der Waals surface area contributed by atoms with E-state index in [1.54, 1.807) is 42.2 Å². The lowest BCUT2D eigenvalue weighted by atomic mass is 9.98. The number of phosphoric acid groups is 1. The Morgan fingerprint density at radius 2 is 1.71 bits per heavy atom. The van der Waals surface area contributed by atoms with E-state index >= 15 is 0 Å². The molecule has 0 saturated carbocycles. The molecule has 4 amide bonds. The summed E-state index contributed by atoms with van der Waals surface area (Å²) in [6.45, 7) is 0.288. The summed E-state index contributed by atoms with van der Waals surface area (Å²) in [6.07, 6.45) is 7.35. The molecule has 0 bridgehead atoms. The van der Waals surface area contributed by atoms with Gasteiger partial charge in [0.1, 0.15) is 23.9 Å². The predicted molar refractivity (Wildman–Crippen MR) is 187 cm³/mol. The van der Waals surface area contributed by atoms with Gasteiger partial charge in [0.05, 0.1) is 12.4 Å². The molecule has 5 rings (SSSR count). The van der Waals surface area contributed by atoms with E-state index in [2.05, 4.69) is 30.4 Å². The third-order valence-electron chi connectivity index (χ3n) is 9.38. The predicted octanol–water partition coefficient (Wildman–Crippen LogP) is 1.82. The molecular weight excluding hydrogens is 677 g/mol. The van der Waals surface area contributed by atoms with Crippen LogP contribution in [0.2, 0.25) is 0 Å². The Balaban J connectivity index is 1.27. The summed E-state index contributed by atoms with van der Waals surface area (Å²) >= 11 is 0. The number of fused-ring (bicyclic) bond motifs is 1. The number of benzene rings is 2. The fourth-order valence-electron chi connectivity index (χ4n) is 6.75. The first-order chi connectivity index (χ1) is 24.4. The molecule has 3 heterocycles. The van der Waals surface area contributed by atoms with Crippen LogP contribution in [0.1, 0.15) is 55.3 Å². The smallest absolute Gasteiger partial charge is 0.404 e. The number of imidazole rings is 1. The second kappa shape index (κ2) is 17.1. The van der Waals surface area contributed by atoms with Crippen LogP contribution >= 0.6 is 7.82 Å². The number of likely N-dealkylation sites (N-methyl/N-ethyl adjacent to an activating group) is 1. The van der Waals surface area contributed by atoms with Gasteiger partial charge in [0.15, 0.2) is 0 Å². The summed E-state index contributed by atoms with van der Waals surface area (Å²) in [5.74, 6) is -1.47. The minimum Gasteiger partial charge on any atom is -0.404 e. The number of carbonyl (C=O) groups excluding carboxylic acids is 4. The van der Waals surface area contributed by atoms with E-state index in [-0.39, 0.29) is 48.9 Å². The van der Waals surface area contributed by atoms with E-state index in [4.69, 9.17) is 9.79 Å². The monoisotopic (exact) mass is 723 g/mol. The van der Waals surface area contributed by atoms with Gasteiger partial charge >= 0.3 is 7.82 Å². The lowest BCUT2D eigenvalue weighted by molar-refractivity contribution is -0.145. The zero-order chi connectivity index (χ0) is 36.5. The summed E-state index contributed by atoms with van der Waals surface area (Å²) in [5.41, 5.74) is 2.31. The van der Waals surface area contributed by atoms with Gasteiger partial charge in [-0.2, -0.15) is 0 Å². The number of H-pyrrole nitrogens is 1. The van der Waals surface area contributed by atoms with Crippen molar-refractivity contribution >= 4 is 31.5 Å². The van der Waals surface area contributed by atoms with Crippen molar-refractivity contribution in [2.75, 3.05) is 14.1 Å².